The summed E-state index contributed by atoms with van der Waals surface area (Å²) in [4.78, 5) is 10.5. The van der Waals surface area contributed by atoms with Crippen LogP contribution in [0.1, 0.15) is 46.0 Å². The molecule has 11 heavy (non-hydrogen) atoms. The maximum atomic E-state index is 10.5. The molecule has 1 unspecified atom stereocenters. The molecule has 0 aliphatic rings. The zero-order valence-corrected chi connectivity index (χ0v) is 7.60. The predicted molar refractivity (Wildman–Crippen MR) is 47.4 cm³/mol. The van der Waals surface area contributed by atoms with Gasteiger partial charge in [-0.05, 0) is 26.7 Å². The molecular formula is C9H19NO. The highest BCUT2D eigenvalue weighted by Crippen LogP contribution is 2.04. The van der Waals surface area contributed by atoms with Crippen molar-refractivity contribution in [2.45, 2.75) is 52.0 Å². The third-order valence-corrected chi connectivity index (χ3v) is 1.69. The van der Waals surface area contributed by atoms with E-state index in [1.165, 1.54) is 0 Å². The van der Waals surface area contributed by atoms with Crippen LogP contribution in [0.15, 0.2) is 0 Å². The molecule has 0 saturated heterocycles. The number of ketones is 1. The molecule has 0 spiro atoms. The molecule has 0 aromatic rings. The van der Waals surface area contributed by atoms with Gasteiger partial charge in [-0.1, -0.05) is 12.8 Å². The van der Waals surface area contributed by atoms with E-state index in [1.54, 1.807) is 6.92 Å². The molecule has 0 aliphatic carbocycles. The number of carbonyl (C=O) groups excluding carboxylic acids is 1. The van der Waals surface area contributed by atoms with Crippen molar-refractivity contribution in [3.05, 3.63) is 0 Å². The van der Waals surface area contributed by atoms with Crippen LogP contribution in [0.4, 0.5) is 0 Å². The Balaban J connectivity index is 2.97. The van der Waals surface area contributed by atoms with Crippen LogP contribution in [-0.2, 0) is 4.79 Å². The zero-order valence-electron chi connectivity index (χ0n) is 7.60. The second-order valence-electron chi connectivity index (χ2n) is 3.28. The first kappa shape index (κ1) is 10.6. The van der Waals surface area contributed by atoms with Gasteiger partial charge in [0.2, 0.25) is 0 Å². The number of hydrogen-bond acceptors (Lipinski definition) is 2. The van der Waals surface area contributed by atoms with E-state index in [-0.39, 0.29) is 0 Å². The van der Waals surface area contributed by atoms with Crippen molar-refractivity contribution in [2.75, 3.05) is 0 Å². The molecule has 2 N–H and O–H groups in total. The van der Waals surface area contributed by atoms with Gasteiger partial charge in [0.05, 0.1) is 0 Å². The van der Waals surface area contributed by atoms with Gasteiger partial charge in [-0.2, -0.15) is 0 Å². The van der Waals surface area contributed by atoms with Crippen LogP contribution in [0.2, 0.25) is 0 Å². The molecule has 0 fully saturated rings. The van der Waals surface area contributed by atoms with Crippen molar-refractivity contribution >= 4 is 5.78 Å². The topological polar surface area (TPSA) is 43.1 Å². The summed E-state index contributed by atoms with van der Waals surface area (Å²) in [5.41, 5.74) is 5.57. The van der Waals surface area contributed by atoms with Crippen molar-refractivity contribution in [1.82, 2.24) is 0 Å². The summed E-state index contributed by atoms with van der Waals surface area (Å²) in [5.74, 6) is 0.297. The summed E-state index contributed by atoms with van der Waals surface area (Å²) in [5, 5.41) is 0. The van der Waals surface area contributed by atoms with E-state index >= 15 is 0 Å². The zero-order chi connectivity index (χ0) is 8.69. The van der Waals surface area contributed by atoms with Gasteiger partial charge in [0.25, 0.3) is 0 Å². The standard InChI is InChI=1S/C9H19NO/c1-8(10)6-4-3-5-7-9(2)11/h8H,3-7,10H2,1-2H3. The molecule has 0 bridgehead atoms. The molecule has 0 rings (SSSR count). The van der Waals surface area contributed by atoms with E-state index in [0.717, 1.165) is 32.1 Å². The summed E-state index contributed by atoms with van der Waals surface area (Å²) in [6.45, 7) is 3.66. The number of hydrogen-bond donors (Lipinski definition) is 1. The molecule has 2 nitrogen and oxygen atoms in total. The quantitative estimate of drug-likeness (QED) is 0.598. The molecule has 0 heterocycles. The Hall–Kier alpha value is -0.370. The van der Waals surface area contributed by atoms with Gasteiger partial charge in [-0.15, -0.1) is 0 Å². The molecule has 0 aromatic carbocycles. The monoisotopic (exact) mass is 157 g/mol. The maximum absolute atomic E-state index is 10.5. The number of rotatable bonds is 6. The maximum Gasteiger partial charge on any atom is 0.129 e. The molecule has 1 atom stereocenters. The Morgan fingerprint density at radius 1 is 1.36 bits per heavy atom. The van der Waals surface area contributed by atoms with Gasteiger partial charge >= 0.3 is 0 Å². The van der Waals surface area contributed by atoms with Crippen LogP contribution in [-0.4, -0.2) is 11.8 Å². The van der Waals surface area contributed by atoms with Gasteiger partial charge in [0.1, 0.15) is 5.78 Å². The summed E-state index contributed by atoms with van der Waals surface area (Å²) in [7, 11) is 0. The highest BCUT2D eigenvalue weighted by atomic mass is 16.1. The average molecular weight is 157 g/mol. The van der Waals surface area contributed by atoms with E-state index in [1.807, 2.05) is 6.92 Å². The lowest BCUT2D eigenvalue weighted by atomic mass is 10.1. The largest absolute Gasteiger partial charge is 0.328 e. The molecule has 0 saturated carbocycles. The fourth-order valence-electron chi connectivity index (χ4n) is 1.02. The van der Waals surface area contributed by atoms with Crippen molar-refractivity contribution in [3.8, 4) is 0 Å². The van der Waals surface area contributed by atoms with E-state index in [9.17, 15) is 4.79 Å². The minimum atomic E-state index is 0.297. The highest BCUT2D eigenvalue weighted by Gasteiger charge is 1.95. The fourth-order valence-corrected chi connectivity index (χ4v) is 1.02. The highest BCUT2D eigenvalue weighted by molar-refractivity contribution is 5.75. The fraction of sp³-hybridized carbons (Fsp3) is 0.889. The Kier molecular flexibility index (Phi) is 6.13. The Labute approximate surface area is 69.2 Å². The van der Waals surface area contributed by atoms with Crippen LogP contribution in [0.3, 0.4) is 0 Å². The van der Waals surface area contributed by atoms with Crippen LogP contribution in [0.25, 0.3) is 0 Å². The second-order valence-corrected chi connectivity index (χ2v) is 3.28. The lowest BCUT2D eigenvalue weighted by Crippen LogP contribution is -2.13. The first-order chi connectivity index (χ1) is 5.13. The first-order valence-electron chi connectivity index (χ1n) is 4.38. The van der Waals surface area contributed by atoms with Crippen LogP contribution < -0.4 is 5.73 Å². The van der Waals surface area contributed by atoms with Crippen LogP contribution >= 0.6 is 0 Å². The number of nitrogens with two attached hydrogens (primary N) is 1. The van der Waals surface area contributed by atoms with Crippen molar-refractivity contribution in [1.29, 1.82) is 0 Å². The molecule has 66 valence electrons. The van der Waals surface area contributed by atoms with Crippen molar-refractivity contribution < 1.29 is 4.79 Å². The number of carbonyl (C=O) groups is 1. The van der Waals surface area contributed by atoms with E-state index in [2.05, 4.69) is 0 Å². The molecular weight excluding hydrogens is 138 g/mol. The van der Waals surface area contributed by atoms with Crippen LogP contribution in [0, 0.1) is 0 Å². The van der Waals surface area contributed by atoms with Crippen LogP contribution in [0.5, 0.6) is 0 Å². The average Bonchev–Trinajstić information content (AvgIpc) is 1.85. The minimum Gasteiger partial charge on any atom is -0.328 e. The van der Waals surface area contributed by atoms with Crippen molar-refractivity contribution in [3.63, 3.8) is 0 Å². The predicted octanol–water partition coefficient (Wildman–Crippen LogP) is 1.87. The lowest BCUT2D eigenvalue weighted by Gasteiger charge is -2.02. The lowest BCUT2D eigenvalue weighted by molar-refractivity contribution is -0.117. The molecule has 2 heteroatoms. The SMILES string of the molecule is CC(=O)CCCCCC(C)N. The summed E-state index contributed by atoms with van der Waals surface area (Å²) in [6.07, 6.45) is 5.14. The minimum absolute atomic E-state index is 0.297. The van der Waals surface area contributed by atoms with E-state index in [4.69, 9.17) is 5.73 Å². The smallest absolute Gasteiger partial charge is 0.129 e. The van der Waals surface area contributed by atoms with Gasteiger partial charge in [-0.3, -0.25) is 0 Å². The Morgan fingerprint density at radius 2 is 2.00 bits per heavy atom. The van der Waals surface area contributed by atoms with Crippen molar-refractivity contribution in [2.24, 2.45) is 5.73 Å². The summed E-state index contributed by atoms with van der Waals surface area (Å²) >= 11 is 0. The number of Topliss-reactive ketones (excluding diaryl/α,β-unsaturated/α-hetero) is 1. The van der Waals surface area contributed by atoms with Gasteiger partial charge in [0.15, 0.2) is 0 Å². The Bertz CT molecular complexity index is 110. The summed E-state index contributed by atoms with van der Waals surface area (Å²) < 4.78 is 0. The molecule has 0 aliphatic heterocycles. The molecule has 0 amide bonds. The van der Waals surface area contributed by atoms with Gasteiger partial charge in [0, 0.05) is 12.5 Å². The normalized spacial score (nSPS) is 13.0. The number of unbranched alkanes of at least 4 members (excludes halogenated alkanes) is 2. The van der Waals surface area contributed by atoms with E-state index < -0.39 is 0 Å². The molecule has 0 radical (unpaired) electrons. The molecule has 0 aromatic heterocycles. The van der Waals surface area contributed by atoms with Gasteiger partial charge < -0.3 is 10.5 Å². The third kappa shape index (κ3) is 9.63. The summed E-state index contributed by atoms with van der Waals surface area (Å²) in [6, 6.07) is 0.312. The first-order valence-corrected chi connectivity index (χ1v) is 4.38. The Morgan fingerprint density at radius 3 is 2.45 bits per heavy atom. The van der Waals surface area contributed by atoms with E-state index in [0.29, 0.717) is 11.8 Å². The van der Waals surface area contributed by atoms with Gasteiger partial charge in [-0.25, -0.2) is 0 Å². The second kappa shape index (κ2) is 6.35. The third-order valence-electron chi connectivity index (χ3n) is 1.69.